The van der Waals surface area contributed by atoms with Crippen LogP contribution in [0.25, 0.3) is 11.2 Å². The zero-order valence-corrected chi connectivity index (χ0v) is 22.2. The number of H-pyrrole nitrogens is 1. The molecule has 1 amide bonds. The van der Waals surface area contributed by atoms with Gasteiger partial charge in [0.05, 0.1) is 26.9 Å². The van der Waals surface area contributed by atoms with E-state index in [1.807, 2.05) is 19.1 Å². The van der Waals surface area contributed by atoms with Gasteiger partial charge in [0.15, 0.2) is 11.5 Å². The maximum atomic E-state index is 12.7. The SMILES string of the molecule is CCOC(=O)NCCN1CCN(Cc2ccc(Cn3c(=O)[nH]c4c(N)nc(OCC)nc43)c(OC)c2)CC1. The number of rotatable bonds is 11. The third-order valence-electron chi connectivity index (χ3n) is 6.43. The predicted octanol–water partition coefficient (Wildman–Crippen LogP) is 1.02. The molecule has 3 heterocycles. The van der Waals surface area contributed by atoms with E-state index < -0.39 is 0 Å². The minimum Gasteiger partial charge on any atom is -0.496 e. The lowest BCUT2D eigenvalue weighted by molar-refractivity contribution is 0.123. The summed E-state index contributed by atoms with van der Waals surface area (Å²) in [4.78, 5) is 40.1. The van der Waals surface area contributed by atoms with Gasteiger partial charge < -0.3 is 30.2 Å². The fourth-order valence-electron chi connectivity index (χ4n) is 4.49. The molecule has 0 aliphatic carbocycles. The number of alkyl carbamates (subject to hydrolysis) is 1. The zero-order valence-electron chi connectivity index (χ0n) is 22.2. The van der Waals surface area contributed by atoms with Crippen LogP contribution in [0.4, 0.5) is 10.6 Å². The van der Waals surface area contributed by atoms with Gasteiger partial charge in [0.2, 0.25) is 0 Å². The Morgan fingerprint density at radius 3 is 2.58 bits per heavy atom. The van der Waals surface area contributed by atoms with Crippen LogP contribution in [0.15, 0.2) is 23.0 Å². The molecule has 4 rings (SSSR count). The van der Waals surface area contributed by atoms with Crippen LogP contribution in [0.2, 0.25) is 0 Å². The molecular weight excluding hydrogens is 492 g/mol. The lowest BCUT2D eigenvalue weighted by Crippen LogP contribution is -2.48. The molecule has 13 nitrogen and oxygen atoms in total. The predicted molar refractivity (Wildman–Crippen MR) is 143 cm³/mol. The molecule has 0 radical (unpaired) electrons. The number of carbonyl (C=O) groups is 1. The minimum atomic E-state index is -0.370. The van der Waals surface area contributed by atoms with E-state index in [-0.39, 0.29) is 30.2 Å². The number of aromatic amines is 1. The quantitative estimate of drug-likeness (QED) is 0.329. The molecule has 0 unspecified atom stereocenters. The molecule has 0 saturated carbocycles. The number of nitrogen functional groups attached to an aromatic ring is 1. The van der Waals surface area contributed by atoms with Crippen molar-refractivity contribution >= 4 is 23.1 Å². The van der Waals surface area contributed by atoms with Crippen LogP contribution in [-0.2, 0) is 17.8 Å². The number of aromatic nitrogens is 4. The third kappa shape index (κ3) is 6.53. The fraction of sp³-hybridized carbons (Fsp3) is 0.520. The number of imidazole rings is 1. The maximum Gasteiger partial charge on any atom is 0.407 e. The molecule has 0 spiro atoms. The smallest absolute Gasteiger partial charge is 0.407 e. The summed E-state index contributed by atoms with van der Waals surface area (Å²) in [6.07, 6.45) is -0.370. The molecule has 1 fully saturated rings. The second kappa shape index (κ2) is 12.6. The highest BCUT2D eigenvalue weighted by Gasteiger charge is 2.19. The minimum absolute atomic E-state index is 0.128. The van der Waals surface area contributed by atoms with Crippen LogP contribution in [0.1, 0.15) is 25.0 Å². The summed E-state index contributed by atoms with van der Waals surface area (Å²) in [6.45, 7) is 10.5. The van der Waals surface area contributed by atoms with Crippen molar-refractivity contribution in [3.63, 3.8) is 0 Å². The van der Waals surface area contributed by atoms with Gasteiger partial charge >= 0.3 is 17.8 Å². The van der Waals surface area contributed by atoms with Gasteiger partial charge in [-0.3, -0.25) is 14.4 Å². The first-order chi connectivity index (χ1) is 18.4. The van der Waals surface area contributed by atoms with Crippen LogP contribution in [0.5, 0.6) is 11.8 Å². The molecule has 1 aliphatic rings. The Kier molecular flexibility index (Phi) is 9.02. The van der Waals surface area contributed by atoms with Gasteiger partial charge in [-0.05, 0) is 25.5 Å². The molecule has 2 aromatic heterocycles. The van der Waals surface area contributed by atoms with E-state index in [4.69, 9.17) is 19.9 Å². The largest absolute Gasteiger partial charge is 0.496 e. The number of hydrogen-bond acceptors (Lipinski definition) is 10. The molecule has 1 aliphatic heterocycles. The molecule has 0 bridgehead atoms. The Bertz CT molecular complexity index is 1300. The molecular formula is C25H36N8O5. The average Bonchev–Trinajstić information content (AvgIpc) is 3.21. The number of methoxy groups -OCH3 is 1. The standard InChI is InChI=1S/C25H36N8O5/c1-4-37-23-29-21(26)20-22(30-23)33(24(34)28-20)16-18-7-6-17(14-19(18)36-3)15-32-12-10-31(11-13-32)9-8-27-25(35)38-5-2/h6-7,14H,4-5,8-13,15-16H2,1-3H3,(H,27,35)(H,28,34)(H2,26,29,30). The van der Waals surface area contributed by atoms with E-state index in [1.165, 1.54) is 4.57 Å². The zero-order chi connectivity index (χ0) is 27.1. The van der Waals surface area contributed by atoms with Crippen molar-refractivity contribution in [3.8, 4) is 11.8 Å². The summed E-state index contributed by atoms with van der Waals surface area (Å²) in [5.74, 6) is 0.853. The number of hydrogen-bond donors (Lipinski definition) is 3. The van der Waals surface area contributed by atoms with Crippen LogP contribution in [0, 0.1) is 0 Å². The van der Waals surface area contributed by atoms with Gasteiger partial charge in [-0.2, -0.15) is 9.97 Å². The van der Waals surface area contributed by atoms with Gasteiger partial charge in [-0.15, -0.1) is 0 Å². The Hall–Kier alpha value is -3.84. The lowest BCUT2D eigenvalue weighted by atomic mass is 10.1. The Morgan fingerprint density at radius 1 is 1.11 bits per heavy atom. The highest BCUT2D eigenvalue weighted by Crippen LogP contribution is 2.24. The van der Waals surface area contributed by atoms with Gasteiger partial charge in [0, 0.05) is 51.4 Å². The van der Waals surface area contributed by atoms with Crippen LogP contribution in [-0.4, -0.2) is 95.0 Å². The van der Waals surface area contributed by atoms with E-state index in [0.717, 1.165) is 50.4 Å². The van der Waals surface area contributed by atoms with Crippen LogP contribution < -0.4 is 26.2 Å². The van der Waals surface area contributed by atoms with E-state index >= 15 is 0 Å². The molecule has 4 N–H and O–H groups in total. The Balaban J connectivity index is 1.38. The number of fused-ring (bicyclic) bond motifs is 1. The number of nitrogens with zero attached hydrogens (tertiary/aromatic N) is 5. The molecule has 206 valence electrons. The van der Waals surface area contributed by atoms with Crippen molar-refractivity contribution in [1.82, 2.24) is 34.6 Å². The highest BCUT2D eigenvalue weighted by atomic mass is 16.5. The Labute approximate surface area is 220 Å². The average molecular weight is 529 g/mol. The number of piperazine rings is 1. The Morgan fingerprint density at radius 2 is 1.87 bits per heavy atom. The summed E-state index contributed by atoms with van der Waals surface area (Å²) in [7, 11) is 1.62. The number of amides is 1. The van der Waals surface area contributed by atoms with E-state index in [9.17, 15) is 9.59 Å². The van der Waals surface area contributed by atoms with E-state index in [2.05, 4.69) is 36.1 Å². The summed E-state index contributed by atoms with van der Waals surface area (Å²) < 4.78 is 17.5. The first kappa shape index (κ1) is 27.2. The van der Waals surface area contributed by atoms with Crippen LogP contribution >= 0.6 is 0 Å². The molecule has 13 heteroatoms. The number of nitrogens with two attached hydrogens (primary N) is 1. The second-order valence-corrected chi connectivity index (χ2v) is 8.95. The van der Waals surface area contributed by atoms with Crippen LogP contribution in [0.3, 0.4) is 0 Å². The highest BCUT2D eigenvalue weighted by molar-refractivity contribution is 5.82. The number of nitrogens with one attached hydrogen (secondary N) is 2. The number of carbonyl (C=O) groups excluding carboxylic acids is 1. The van der Waals surface area contributed by atoms with E-state index in [0.29, 0.717) is 36.7 Å². The molecule has 38 heavy (non-hydrogen) atoms. The second-order valence-electron chi connectivity index (χ2n) is 8.95. The van der Waals surface area contributed by atoms with E-state index in [1.54, 1.807) is 14.0 Å². The van der Waals surface area contributed by atoms with Gasteiger partial charge in [0.25, 0.3) is 0 Å². The fourth-order valence-corrected chi connectivity index (χ4v) is 4.49. The summed E-state index contributed by atoms with van der Waals surface area (Å²) in [5, 5.41) is 2.77. The number of benzene rings is 1. The summed E-state index contributed by atoms with van der Waals surface area (Å²) in [6, 6.07) is 6.18. The van der Waals surface area contributed by atoms with Crippen molar-refractivity contribution in [2.45, 2.75) is 26.9 Å². The molecule has 1 saturated heterocycles. The van der Waals surface area contributed by atoms with Gasteiger partial charge in [-0.25, -0.2) is 9.59 Å². The normalized spacial score (nSPS) is 14.5. The maximum absolute atomic E-state index is 12.7. The van der Waals surface area contributed by atoms with Crippen molar-refractivity contribution in [1.29, 1.82) is 0 Å². The topological polar surface area (TPSA) is 153 Å². The van der Waals surface area contributed by atoms with Gasteiger partial charge in [-0.1, -0.05) is 12.1 Å². The summed E-state index contributed by atoms with van der Waals surface area (Å²) >= 11 is 0. The lowest BCUT2D eigenvalue weighted by Gasteiger charge is -2.34. The molecule has 1 aromatic carbocycles. The van der Waals surface area contributed by atoms with Crippen molar-refractivity contribution in [2.24, 2.45) is 0 Å². The van der Waals surface area contributed by atoms with Crippen molar-refractivity contribution in [2.75, 3.05) is 65.3 Å². The molecule has 0 atom stereocenters. The van der Waals surface area contributed by atoms with Crippen molar-refractivity contribution in [3.05, 3.63) is 39.8 Å². The first-order valence-electron chi connectivity index (χ1n) is 12.8. The number of ether oxygens (including phenoxy) is 3. The third-order valence-corrected chi connectivity index (χ3v) is 6.43. The molecule has 3 aromatic rings. The monoisotopic (exact) mass is 528 g/mol. The van der Waals surface area contributed by atoms with Crippen molar-refractivity contribution < 1.29 is 19.0 Å². The first-order valence-corrected chi connectivity index (χ1v) is 12.8. The van der Waals surface area contributed by atoms with Gasteiger partial charge in [0.1, 0.15) is 11.3 Å². The number of anilines is 1. The summed E-state index contributed by atoms with van der Waals surface area (Å²) in [5.41, 5.74) is 8.40.